The van der Waals surface area contributed by atoms with E-state index in [1.807, 2.05) is 0 Å². The van der Waals surface area contributed by atoms with Crippen molar-refractivity contribution in [3.8, 4) is 22.3 Å². The summed E-state index contributed by atoms with van der Waals surface area (Å²) in [6.07, 6.45) is 6.64. The maximum absolute atomic E-state index is 6.83. The van der Waals surface area contributed by atoms with Crippen LogP contribution in [-0.2, 0) is 0 Å². The highest BCUT2D eigenvalue weighted by atomic mass is 16.3. The van der Waals surface area contributed by atoms with Gasteiger partial charge in [0.15, 0.2) is 0 Å². The predicted molar refractivity (Wildman–Crippen MR) is 202 cm³/mol. The fourth-order valence-corrected chi connectivity index (χ4v) is 7.24. The van der Waals surface area contributed by atoms with Crippen molar-refractivity contribution in [2.24, 2.45) is 0 Å². The van der Waals surface area contributed by atoms with E-state index >= 15 is 0 Å². The van der Waals surface area contributed by atoms with Crippen molar-refractivity contribution in [3.63, 3.8) is 0 Å². The Morgan fingerprint density at radius 2 is 1.04 bits per heavy atom. The summed E-state index contributed by atoms with van der Waals surface area (Å²) >= 11 is 0. The van der Waals surface area contributed by atoms with Crippen molar-refractivity contribution >= 4 is 49.7 Å². The van der Waals surface area contributed by atoms with E-state index in [9.17, 15) is 0 Å². The Bertz CT molecular complexity index is 2480. The van der Waals surface area contributed by atoms with Crippen molar-refractivity contribution < 1.29 is 4.42 Å². The smallest absolute Gasteiger partial charge is 0.143 e. The molecule has 0 atom stereocenters. The number of rotatable bonds is 6. The van der Waals surface area contributed by atoms with Gasteiger partial charge in [-0.2, -0.15) is 0 Å². The first-order valence-corrected chi connectivity index (χ1v) is 16.7. The average molecular weight is 616 g/mol. The summed E-state index contributed by atoms with van der Waals surface area (Å²) in [4.78, 5) is 2.42. The zero-order chi connectivity index (χ0) is 31.9. The Morgan fingerprint density at radius 3 is 1.81 bits per heavy atom. The van der Waals surface area contributed by atoms with Gasteiger partial charge in [0, 0.05) is 38.7 Å². The maximum atomic E-state index is 6.83. The van der Waals surface area contributed by atoms with Crippen LogP contribution in [0.3, 0.4) is 0 Å². The predicted octanol–water partition coefficient (Wildman–Crippen LogP) is 13.0. The molecule has 8 aromatic rings. The molecule has 1 aliphatic rings. The standard InChI is InChI=1S/C46H33NO/c1-3-13-32(14-4-1)33-27-29-37(30-28-33)47(44-26-10-18-34-17-7-8-21-39(34)44)38-20-9-19-36(31-38)41-23-12-25-43-42-24-11-22-40(45(42)48-46(41)43)35-15-5-2-6-16-35/h1-8,10-18,20-31H,9,19H2. The lowest BCUT2D eigenvalue weighted by molar-refractivity contribution is 0.668. The highest BCUT2D eigenvalue weighted by molar-refractivity contribution is 6.12. The number of hydrogen-bond donors (Lipinski definition) is 0. The van der Waals surface area contributed by atoms with E-state index in [4.69, 9.17) is 4.42 Å². The number of allylic oxidation sites excluding steroid dienone is 3. The van der Waals surface area contributed by atoms with E-state index in [0.29, 0.717) is 0 Å². The molecule has 2 nitrogen and oxygen atoms in total. The van der Waals surface area contributed by atoms with Crippen molar-refractivity contribution in [3.05, 3.63) is 187 Å². The Hall–Kier alpha value is -6.12. The molecule has 0 radical (unpaired) electrons. The average Bonchev–Trinajstić information content (AvgIpc) is 3.55. The van der Waals surface area contributed by atoms with Gasteiger partial charge in [0.1, 0.15) is 11.2 Å². The topological polar surface area (TPSA) is 16.4 Å². The van der Waals surface area contributed by atoms with Gasteiger partial charge in [-0.25, -0.2) is 0 Å². The van der Waals surface area contributed by atoms with Crippen LogP contribution in [0.4, 0.5) is 11.4 Å². The Labute approximate surface area is 280 Å². The molecule has 0 spiro atoms. The Balaban J connectivity index is 1.19. The molecule has 1 heterocycles. The molecule has 0 bridgehead atoms. The SMILES string of the molecule is C1=C(c2cccc3c2oc2c(-c4ccccc4)cccc23)CCC=C1N(c1ccc(-c2ccccc2)cc1)c1cccc2ccccc12. The summed E-state index contributed by atoms with van der Waals surface area (Å²) in [6.45, 7) is 0. The van der Waals surface area contributed by atoms with E-state index in [2.05, 4.69) is 181 Å². The van der Waals surface area contributed by atoms with Gasteiger partial charge in [-0.15, -0.1) is 0 Å². The highest BCUT2D eigenvalue weighted by Gasteiger charge is 2.22. The number of hydrogen-bond acceptors (Lipinski definition) is 2. The third kappa shape index (κ3) is 4.90. The summed E-state index contributed by atoms with van der Waals surface area (Å²) in [7, 11) is 0. The number of nitrogens with zero attached hydrogens (tertiary/aromatic N) is 1. The monoisotopic (exact) mass is 615 g/mol. The lowest BCUT2D eigenvalue weighted by Crippen LogP contribution is -2.17. The van der Waals surface area contributed by atoms with E-state index in [-0.39, 0.29) is 0 Å². The van der Waals surface area contributed by atoms with Gasteiger partial charge in [0.25, 0.3) is 0 Å². The molecule has 0 unspecified atom stereocenters. The van der Waals surface area contributed by atoms with Gasteiger partial charge in [0.05, 0.1) is 5.69 Å². The molecule has 48 heavy (non-hydrogen) atoms. The van der Waals surface area contributed by atoms with Crippen LogP contribution in [-0.4, -0.2) is 0 Å². The quantitative estimate of drug-likeness (QED) is 0.185. The molecule has 0 amide bonds. The minimum atomic E-state index is 0.939. The molecule has 7 aromatic carbocycles. The molecule has 228 valence electrons. The first-order chi connectivity index (χ1) is 23.8. The van der Waals surface area contributed by atoms with Gasteiger partial charge in [-0.1, -0.05) is 152 Å². The lowest BCUT2D eigenvalue weighted by atomic mass is 9.93. The van der Waals surface area contributed by atoms with Crippen LogP contribution in [0.2, 0.25) is 0 Å². The fraction of sp³-hybridized carbons (Fsp3) is 0.0435. The van der Waals surface area contributed by atoms with Crippen molar-refractivity contribution in [2.45, 2.75) is 12.8 Å². The third-order valence-corrected chi connectivity index (χ3v) is 9.54. The molecule has 2 heteroatoms. The number of benzene rings is 7. The van der Waals surface area contributed by atoms with Crippen molar-refractivity contribution in [1.82, 2.24) is 0 Å². The second kappa shape index (κ2) is 11.9. The minimum absolute atomic E-state index is 0.939. The summed E-state index contributed by atoms with van der Waals surface area (Å²) in [5, 5.41) is 4.75. The van der Waals surface area contributed by atoms with Gasteiger partial charge in [-0.05, 0) is 64.8 Å². The van der Waals surface area contributed by atoms with Crippen LogP contribution in [0.25, 0.3) is 60.5 Å². The van der Waals surface area contributed by atoms with Crippen LogP contribution in [0.15, 0.2) is 186 Å². The van der Waals surface area contributed by atoms with Crippen LogP contribution in [0, 0.1) is 0 Å². The summed E-state index contributed by atoms with van der Waals surface area (Å²) < 4.78 is 6.83. The second-order valence-corrected chi connectivity index (χ2v) is 12.4. The van der Waals surface area contributed by atoms with Crippen LogP contribution >= 0.6 is 0 Å². The zero-order valence-electron chi connectivity index (χ0n) is 26.5. The van der Waals surface area contributed by atoms with Crippen LogP contribution < -0.4 is 4.90 Å². The van der Waals surface area contributed by atoms with Crippen molar-refractivity contribution in [2.75, 3.05) is 4.90 Å². The van der Waals surface area contributed by atoms with E-state index < -0.39 is 0 Å². The molecule has 0 N–H and O–H groups in total. The Morgan fingerprint density at radius 1 is 0.458 bits per heavy atom. The fourth-order valence-electron chi connectivity index (χ4n) is 7.24. The number of anilines is 2. The molecular formula is C46H33NO. The largest absolute Gasteiger partial charge is 0.455 e. The highest BCUT2D eigenvalue weighted by Crippen LogP contribution is 2.43. The van der Waals surface area contributed by atoms with Crippen LogP contribution in [0.1, 0.15) is 18.4 Å². The van der Waals surface area contributed by atoms with Gasteiger partial charge in [0.2, 0.25) is 0 Å². The number of fused-ring (bicyclic) bond motifs is 4. The summed E-state index contributed by atoms with van der Waals surface area (Å²) in [5.74, 6) is 0. The van der Waals surface area contributed by atoms with Gasteiger partial charge in [-0.3, -0.25) is 0 Å². The molecule has 0 fully saturated rings. The number of furan rings is 1. The third-order valence-electron chi connectivity index (χ3n) is 9.54. The van der Waals surface area contributed by atoms with E-state index in [0.717, 1.165) is 62.9 Å². The van der Waals surface area contributed by atoms with E-state index in [1.54, 1.807) is 0 Å². The molecule has 0 saturated heterocycles. The molecule has 9 rings (SSSR count). The van der Waals surface area contributed by atoms with Gasteiger partial charge >= 0.3 is 0 Å². The summed E-state index contributed by atoms with van der Waals surface area (Å²) in [5.41, 5.74) is 12.5. The normalized spacial score (nSPS) is 13.1. The first-order valence-electron chi connectivity index (χ1n) is 16.7. The lowest BCUT2D eigenvalue weighted by Gasteiger charge is -2.30. The minimum Gasteiger partial charge on any atom is -0.455 e. The molecule has 0 saturated carbocycles. The van der Waals surface area contributed by atoms with Crippen LogP contribution in [0.5, 0.6) is 0 Å². The molecule has 1 aromatic heterocycles. The molecule has 1 aliphatic carbocycles. The van der Waals surface area contributed by atoms with E-state index in [1.165, 1.54) is 33.2 Å². The molecule has 0 aliphatic heterocycles. The summed E-state index contributed by atoms with van der Waals surface area (Å²) in [6, 6.07) is 58.4. The first kappa shape index (κ1) is 28.1. The maximum Gasteiger partial charge on any atom is 0.143 e. The zero-order valence-corrected chi connectivity index (χ0v) is 26.5. The number of para-hydroxylation sites is 2. The van der Waals surface area contributed by atoms with Crippen molar-refractivity contribution in [1.29, 1.82) is 0 Å². The molecular weight excluding hydrogens is 583 g/mol. The Kier molecular flexibility index (Phi) is 6.98. The second-order valence-electron chi connectivity index (χ2n) is 12.4. The van der Waals surface area contributed by atoms with Gasteiger partial charge < -0.3 is 9.32 Å².